The van der Waals surface area contributed by atoms with Gasteiger partial charge in [0.2, 0.25) is 5.95 Å². The second-order valence-corrected chi connectivity index (χ2v) is 5.83. The van der Waals surface area contributed by atoms with Crippen LogP contribution in [0.2, 0.25) is 0 Å². The molecule has 1 aliphatic rings. The van der Waals surface area contributed by atoms with Crippen LogP contribution in [0.5, 0.6) is 0 Å². The molecule has 1 saturated carbocycles. The molecule has 1 aliphatic carbocycles. The number of pyridine rings is 2. The molecule has 3 aromatic heterocycles. The summed E-state index contributed by atoms with van der Waals surface area (Å²) in [5.74, 6) is 1.46. The number of hydrogen-bond acceptors (Lipinski definition) is 6. The number of rotatable bonds is 6. The van der Waals surface area contributed by atoms with E-state index in [1.807, 2.05) is 36.5 Å². The summed E-state index contributed by atoms with van der Waals surface area (Å²) in [6.07, 6.45) is 9.53. The number of hydrogen-bond donors (Lipinski definition) is 2. The third kappa shape index (κ3) is 3.65. The lowest BCUT2D eigenvalue weighted by Gasteiger charge is -2.11. The Hall–Kier alpha value is -3.02. The van der Waals surface area contributed by atoms with Crippen LogP contribution in [0.3, 0.4) is 0 Å². The van der Waals surface area contributed by atoms with Crippen molar-refractivity contribution in [2.45, 2.75) is 25.4 Å². The standard InChI is InChI=1S/C18H18N6/c1-2-13(11-20-7-1)12-21-17-10-16(14-5-8-19-9-6-14)23-18(24-17)22-15-3-4-15/h1-2,5-11,15H,3-4,12H2,(H2,21,22,23,24). The number of nitrogens with zero attached hydrogens (tertiary/aromatic N) is 4. The van der Waals surface area contributed by atoms with E-state index in [2.05, 4.69) is 30.6 Å². The number of anilines is 2. The molecule has 4 rings (SSSR count). The van der Waals surface area contributed by atoms with Crippen LogP contribution < -0.4 is 10.6 Å². The third-order valence-electron chi connectivity index (χ3n) is 3.81. The molecule has 0 radical (unpaired) electrons. The molecule has 3 heterocycles. The summed E-state index contributed by atoms with van der Waals surface area (Å²) in [5, 5.41) is 6.73. The summed E-state index contributed by atoms with van der Waals surface area (Å²) >= 11 is 0. The molecular weight excluding hydrogens is 300 g/mol. The SMILES string of the molecule is c1cncc(CNc2cc(-c3ccncc3)nc(NC3CC3)n2)c1. The van der Waals surface area contributed by atoms with Gasteiger partial charge in [-0.2, -0.15) is 4.98 Å². The van der Waals surface area contributed by atoms with E-state index in [1.165, 1.54) is 12.8 Å². The van der Waals surface area contributed by atoms with Crippen LogP contribution in [0.4, 0.5) is 11.8 Å². The summed E-state index contributed by atoms with van der Waals surface area (Å²) in [4.78, 5) is 17.4. The molecular formula is C18H18N6. The van der Waals surface area contributed by atoms with Crippen molar-refractivity contribution >= 4 is 11.8 Å². The van der Waals surface area contributed by atoms with Crippen molar-refractivity contribution in [3.63, 3.8) is 0 Å². The largest absolute Gasteiger partial charge is 0.366 e. The van der Waals surface area contributed by atoms with Gasteiger partial charge in [-0.25, -0.2) is 4.98 Å². The molecule has 120 valence electrons. The Labute approximate surface area is 140 Å². The van der Waals surface area contributed by atoms with E-state index in [0.29, 0.717) is 18.5 Å². The van der Waals surface area contributed by atoms with Crippen LogP contribution >= 0.6 is 0 Å². The fourth-order valence-corrected chi connectivity index (χ4v) is 2.38. The van der Waals surface area contributed by atoms with Crippen molar-refractivity contribution in [2.24, 2.45) is 0 Å². The maximum atomic E-state index is 4.64. The first-order chi connectivity index (χ1) is 11.9. The van der Waals surface area contributed by atoms with Gasteiger partial charge in [0.15, 0.2) is 0 Å². The van der Waals surface area contributed by atoms with E-state index >= 15 is 0 Å². The fourth-order valence-electron chi connectivity index (χ4n) is 2.38. The molecule has 0 saturated heterocycles. The van der Waals surface area contributed by atoms with E-state index in [-0.39, 0.29) is 0 Å². The molecule has 2 N–H and O–H groups in total. The minimum Gasteiger partial charge on any atom is -0.366 e. The fraction of sp³-hybridized carbons (Fsp3) is 0.222. The predicted octanol–water partition coefficient (Wildman–Crippen LogP) is 3.12. The minimum absolute atomic E-state index is 0.504. The van der Waals surface area contributed by atoms with Crippen molar-refractivity contribution in [1.29, 1.82) is 0 Å². The van der Waals surface area contributed by atoms with Gasteiger partial charge in [-0.15, -0.1) is 0 Å². The predicted molar refractivity (Wildman–Crippen MR) is 93.5 cm³/mol. The quantitative estimate of drug-likeness (QED) is 0.727. The molecule has 0 spiro atoms. The van der Waals surface area contributed by atoms with Crippen LogP contribution in [-0.2, 0) is 6.54 Å². The molecule has 0 aliphatic heterocycles. The summed E-state index contributed by atoms with van der Waals surface area (Å²) in [5.41, 5.74) is 3.01. The molecule has 24 heavy (non-hydrogen) atoms. The molecule has 0 atom stereocenters. The molecule has 0 aromatic carbocycles. The molecule has 3 aromatic rings. The molecule has 6 nitrogen and oxygen atoms in total. The Morgan fingerprint density at radius 1 is 1.00 bits per heavy atom. The normalized spacial score (nSPS) is 13.5. The second kappa shape index (κ2) is 6.62. The highest BCUT2D eigenvalue weighted by Gasteiger charge is 2.22. The zero-order valence-electron chi connectivity index (χ0n) is 13.2. The molecule has 0 unspecified atom stereocenters. The Balaban J connectivity index is 1.59. The van der Waals surface area contributed by atoms with Gasteiger partial charge >= 0.3 is 0 Å². The van der Waals surface area contributed by atoms with E-state index in [9.17, 15) is 0 Å². The topological polar surface area (TPSA) is 75.6 Å². The van der Waals surface area contributed by atoms with Crippen LogP contribution in [0.15, 0.2) is 55.1 Å². The van der Waals surface area contributed by atoms with Gasteiger partial charge in [-0.05, 0) is 36.6 Å². The van der Waals surface area contributed by atoms with Crippen molar-refractivity contribution in [3.8, 4) is 11.3 Å². The van der Waals surface area contributed by atoms with Gasteiger partial charge in [-0.1, -0.05) is 6.07 Å². The zero-order chi connectivity index (χ0) is 16.2. The number of aromatic nitrogens is 4. The van der Waals surface area contributed by atoms with Gasteiger partial charge in [0, 0.05) is 49.0 Å². The highest BCUT2D eigenvalue weighted by atomic mass is 15.2. The van der Waals surface area contributed by atoms with Crippen molar-refractivity contribution < 1.29 is 0 Å². The zero-order valence-corrected chi connectivity index (χ0v) is 13.2. The lowest BCUT2D eigenvalue weighted by molar-refractivity contribution is 1.03. The first-order valence-electron chi connectivity index (χ1n) is 8.05. The van der Waals surface area contributed by atoms with Gasteiger partial charge in [-0.3, -0.25) is 9.97 Å². The first-order valence-corrected chi connectivity index (χ1v) is 8.05. The number of nitrogens with one attached hydrogen (secondary N) is 2. The van der Waals surface area contributed by atoms with E-state index in [4.69, 9.17) is 0 Å². The van der Waals surface area contributed by atoms with Gasteiger partial charge in [0.25, 0.3) is 0 Å². The van der Waals surface area contributed by atoms with Gasteiger partial charge in [0.05, 0.1) is 5.69 Å². The first kappa shape index (κ1) is 14.6. The lowest BCUT2D eigenvalue weighted by atomic mass is 10.2. The average molecular weight is 318 g/mol. The monoisotopic (exact) mass is 318 g/mol. The van der Waals surface area contributed by atoms with Crippen molar-refractivity contribution in [1.82, 2.24) is 19.9 Å². The van der Waals surface area contributed by atoms with E-state index < -0.39 is 0 Å². The molecule has 1 fully saturated rings. The van der Waals surface area contributed by atoms with Crippen molar-refractivity contribution in [3.05, 3.63) is 60.7 Å². The van der Waals surface area contributed by atoms with Gasteiger partial charge in [0.1, 0.15) is 5.82 Å². The Kier molecular flexibility index (Phi) is 4.02. The van der Waals surface area contributed by atoms with Crippen LogP contribution in [0.25, 0.3) is 11.3 Å². The summed E-state index contributed by atoms with van der Waals surface area (Å²) in [7, 11) is 0. The highest BCUT2D eigenvalue weighted by molar-refractivity contribution is 5.64. The highest BCUT2D eigenvalue weighted by Crippen LogP contribution is 2.26. The minimum atomic E-state index is 0.504. The van der Waals surface area contributed by atoms with Crippen molar-refractivity contribution in [2.75, 3.05) is 10.6 Å². The third-order valence-corrected chi connectivity index (χ3v) is 3.81. The summed E-state index contributed by atoms with van der Waals surface area (Å²) in [6.45, 7) is 0.670. The average Bonchev–Trinajstić information content (AvgIpc) is 3.45. The second-order valence-electron chi connectivity index (χ2n) is 5.83. The smallest absolute Gasteiger partial charge is 0.225 e. The van der Waals surface area contributed by atoms with Crippen LogP contribution in [-0.4, -0.2) is 26.0 Å². The van der Waals surface area contributed by atoms with Crippen LogP contribution in [0, 0.1) is 0 Å². The van der Waals surface area contributed by atoms with Crippen LogP contribution in [0.1, 0.15) is 18.4 Å². The molecule has 0 bridgehead atoms. The summed E-state index contributed by atoms with van der Waals surface area (Å²) in [6, 6.07) is 10.3. The molecule has 0 amide bonds. The van der Waals surface area contributed by atoms with Gasteiger partial charge < -0.3 is 10.6 Å². The lowest BCUT2D eigenvalue weighted by Crippen LogP contribution is -2.09. The van der Waals surface area contributed by atoms with E-state index in [1.54, 1.807) is 18.6 Å². The maximum Gasteiger partial charge on any atom is 0.225 e. The Bertz CT molecular complexity index is 802. The summed E-state index contributed by atoms with van der Waals surface area (Å²) < 4.78 is 0. The molecule has 6 heteroatoms. The maximum absolute atomic E-state index is 4.64. The van der Waals surface area contributed by atoms with E-state index in [0.717, 1.165) is 22.6 Å². The Morgan fingerprint density at radius 3 is 2.62 bits per heavy atom. The Morgan fingerprint density at radius 2 is 1.88 bits per heavy atom.